The molecule has 0 unspecified atom stereocenters. The van der Waals surface area contributed by atoms with Gasteiger partial charge in [0.05, 0.1) is 6.04 Å². The Morgan fingerprint density at radius 2 is 1.86 bits per heavy atom. The first-order valence-corrected chi connectivity index (χ1v) is 8.88. The van der Waals surface area contributed by atoms with Crippen LogP contribution in [-0.2, 0) is 14.8 Å². The molecule has 0 saturated heterocycles. The molecule has 0 spiro atoms. The number of sulfonamides is 1. The summed E-state index contributed by atoms with van der Waals surface area (Å²) in [6, 6.07) is 6.14. The van der Waals surface area contributed by atoms with Gasteiger partial charge in [0.2, 0.25) is 0 Å². The quantitative estimate of drug-likeness (QED) is 0.810. The second kappa shape index (κ2) is 5.61. The van der Waals surface area contributed by atoms with E-state index >= 15 is 0 Å². The van der Waals surface area contributed by atoms with Gasteiger partial charge in [-0.3, -0.25) is 0 Å². The van der Waals surface area contributed by atoms with Gasteiger partial charge in [-0.2, -0.15) is 4.31 Å². The van der Waals surface area contributed by atoms with E-state index < -0.39 is 21.7 Å². The molecule has 0 radical (unpaired) electrons. The van der Waals surface area contributed by atoms with Gasteiger partial charge in [-0.25, -0.2) is 13.2 Å². The maximum Gasteiger partial charge on any atom is 0.424 e. The molecule has 0 N–H and O–H groups in total. The molecule has 0 bridgehead atoms. The molecular formula is C14H18BrNO4S. The van der Waals surface area contributed by atoms with Gasteiger partial charge in [0, 0.05) is 4.47 Å². The molecule has 1 aromatic carbocycles. The molecule has 2 rings (SSSR count). The van der Waals surface area contributed by atoms with E-state index in [4.69, 9.17) is 4.74 Å². The van der Waals surface area contributed by atoms with Crippen molar-refractivity contribution in [3.63, 3.8) is 0 Å². The Bertz CT molecular complexity index is 647. The van der Waals surface area contributed by atoms with Crippen LogP contribution < -0.4 is 0 Å². The molecule has 1 aliphatic rings. The molecule has 1 amide bonds. The van der Waals surface area contributed by atoms with Crippen LogP contribution in [0.15, 0.2) is 33.6 Å². The van der Waals surface area contributed by atoms with Crippen LogP contribution in [0.25, 0.3) is 0 Å². The van der Waals surface area contributed by atoms with Gasteiger partial charge in [-0.1, -0.05) is 12.1 Å². The number of rotatable bonds is 3. The number of halogens is 1. The number of ether oxygens (including phenoxy) is 1. The highest BCUT2D eigenvalue weighted by Crippen LogP contribution is 2.35. The summed E-state index contributed by atoms with van der Waals surface area (Å²) >= 11 is 3.22. The predicted molar refractivity (Wildman–Crippen MR) is 82.4 cm³/mol. The molecule has 0 aromatic heterocycles. The number of benzene rings is 1. The molecule has 1 aromatic rings. The van der Waals surface area contributed by atoms with Gasteiger partial charge in [0.1, 0.15) is 10.5 Å². The fraction of sp³-hybridized carbons (Fsp3) is 0.500. The Morgan fingerprint density at radius 3 is 2.33 bits per heavy atom. The molecule has 0 atom stereocenters. The highest BCUT2D eigenvalue weighted by atomic mass is 79.9. The lowest BCUT2D eigenvalue weighted by Gasteiger charge is -2.27. The molecular weight excluding hydrogens is 358 g/mol. The molecule has 0 aliphatic heterocycles. The first-order chi connectivity index (χ1) is 9.63. The first-order valence-electron chi connectivity index (χ1n) is 6.65. The lowest BCUT2D eigenvalue weighted by molar-refractivity contribution is 0.0382. The summed E-state index contributed by atoms with van der Waals surface area (Å²) in [5, 5.41) is 0. The van der Waals surface area contributed by atoms with Crippen LogP contribution in [0.3, 0.4) is 0 Å². The second-order valence-electron chi connectivity index (χ2n) is 5.94. The largest absolute Gasteiger partial charge is 0.443 e. The highest BCUT2D eigenvalue weighted by Gasteiger charge is 2.44. The third kappa shape index (κ3) is 3.77. The Kier molecular flexibility index (Phi) is 4.35. The molecule has 5 nitrogen and oxygen atoms in total. The molecule has 1 fully saturated rings. The van der Waals surface area contributed by atoms with Crippen molar-refractivity contribution in [3.8, 4) is 0 Å². The Labute approximate surface area is 133 Å². The maximum absolute atomic E-state index is 12.8. The average molecular weight is 376 g/mol. The van der Waals surface area contributed by atoms with Crippen LogP contribution in [-0.4, -0.2) is 30.5 Å². The van der Waals surface area contributed by atoms with Crippen molar-refractivity contribution >= 4 is 32.0 Å². The summed E-state index contributed by atoms with van der Waals surface area (Å²) in [6.45, 7) is 5.13. The highest BCUT2D eigenvalue weighted by molar-refractivity contribution is 9.10. The summed E-state index contributed by atoms with van der Waals surface area (Å²) in [5.41, 5.74) is -0.742. The number of carbonyl (C=O) groups is 1. The third-order valence-electron chi connectivity index (χ3n) is 2.83. The number of nitrogens with zero attached hydrogens (tertiary/aromatic N) is 1. The molecule has 1 saturated carbocycles. The fourth-order valence-corrected chi connectivity index (χ4v) is 4.33. The summed E-state index contributed by atoms with van der Waals surface area (Å²) in [7, 11) is -3.93. The normalized spacial score (nSPS) is 15.6. The van der Waals surface area contributed by atoms with Crippen LogP contribution >= 0.6 is 15.9 Å². The monoisotopic (exact) mass is 375 g/mol. The van der Waals surface area contributed by atoms with Crippen LogP contribution in [0.5, 0.6) is 0 Å². The van der Waals surface area contributed by atoms with E-state index in [1.165, 1.54) is 6.07 Å². The van der Waals surface area contributed by atoms with E-state index in [9.17, 15) is 13.2 Å². The van der Waals surface area contributed by atoms with Crippen LogP contribution in [0.1, 0.15) is 33.6 Å². The number of amides is 1. The van der Waals surface area contributed by atoms with Crippen LogP contribution in [0, 0.1) is 0 Å². The summed E-state index contributed by atoms with van der Waals surface area (Å²) in [4.78, 5) is 12.4. The van der Waals surface area contributed by atoms with E-state index in [1.807, 2.05) is 0 Å². The van der Waals surface area contributed by atoms with Crippen LogP contribution in [0.2, 0.25) is 0 Å². The number of carbonyl (C=O) groups excluding carboxylic acids is 1. The van der Waals surface area contributed by atoms with Gasteiger partial charge >= 0.3 is 6.09 Å². The number of hydrogen-bond donors (Lipinski definition) is 0. The predicted octanol–water partition coefficient (Wildman–Crippen LogP) is 3.54. The zero-order valence-electron chi connectivity index (χ0n) is 12.2. The minimum atomic E-state index is -3.93. The van der Waals surface area contributed by atoms with E-state index in [0.717, 1.165) is 4.31 Å². The molecule has 21 heavy (non-hydrogen) atoms. The van der Waals surface area contributed by atoms with E-state index in [1.54, 1.807) is 39.0 Å². The smallest absolute Gasteiger partial charge is 0.424 e. The van der Waals surface area contributed by atoms with E-state index in [0.29, 0.717) is 17.3 Å². The summed E-state index contributed by atoms with van der Waals surface area (Å²) < 4.78 is 32.1. The Balaban J connectivity index is 2.39. The standard InChI is InChI=1S/C14H18BrNO4S/c1-14(2,3)20-13(17)16(10-8-9-10)21(18,19)12-7-5-4-6-11(12)15/h4-7,10H,8-9H2,1-3H3. The van der Waals surface area contributed by atoms with Crippen molar-refractivity contribution < 1.29 is 17.9 Å². The van der Waals surface area contributed by atoms with Crippen molar-refractivity contribution in [2.75, 3.05) is 0 Å². The van der Waals surface area contributed by atoms with Gasteiger partial charge < -0.3 is 4.74 Å². The van der Waals surface area contributed by atoms with E-state index in [-0.39, 0.29) is 10.9 Å². The SMILES string of the molecule is CC(C)(C)OC(=O)N(C1CC1)S(=O)(=O)c1ccccc1Br. The second-order valence-corrected chi connectivity index (χ2v) is 8.58. The zero-order chi connectivity index (χ0) is 15.8. The van der Waals surface area contributed by atoms with Crippen LogP contribution in [0.4, 0.5) is 4.79 Å². The molecule has 116 valence electrons. The maximum atomic E-state index is 12.8. The lowest BCUT2D eigenvalue weighted by Crippen LogP contribution is -2.42. The average Bonchev–Trinajstić information content (AvgIpc) is 3.10. The van der Waals surface area contributed by atoms with Crippen molar-refractivity contribution in [2.45, 2.75) is 50.2 Å². The van der Waals surface area contributed by atoms with Crippen molar-refractivity contribution in [1.29, 1.82) is 0 Å². The third-order valence-corrected chi connectivity index (χ3v) is 5.66. The van der Waals surface area contributed by atoms with Gasteiger partial charge in [0.25, 0.3) is 10.0 Å². The van der Waals surface area contributed by atoms with Crippen molar-refractivity contribution in [3.05, 3.63) is 28.7 Å². The summed E-state index contributed by atoms with van der Waals surface area (Å²) in [6.07, 6.45) is 0.520. The van der Waals surface area contributed by atoms with Gasteiger partial charge in [-0.15, -0.1) is 0 Å². The molecule has 7 heteroatoms. The number of hydrogen-bond acceptors (Lipinski definition) is 4. The molecule has 0 heterocycles. The zero-order valence-corrected chi connectivity index (χ0v) is 14.6. The topological polar surface area (TPSA) is 63.7 Å². The first kappa shape index (κ1) is 16.3. The minimum absolute atomic E-state index is 0.0720. The summed E-state index contributed by atoms with van der Waals surface area (Å²) in [5.74, 6) is 0. The minimum Gasteiger partial charge on any atom is -0.443 e. The van der Waals surface area contributed by atoms with Crippen molar-refractivity contribution in [1.82, 2.24) is 4.31 Å². The molecule has 1 aliphatic carbocycles. The van der Waals surface area contributed by atoms with Crippen molar-refractivity contribution in [2.24, 2.45) is 0 Å². The lowest BCUT2D eigenvalue weighted by atomic mass is 10.2. The Hall–Kier alpha value is -1.08. The van der Waals surface area contributed by atoms with Gasteiger partial charge in [-0.05, 0) is 61.7 Å². The Morgan fingerprint density at radius 1 is 1.29 bits per heavy atom. The van der Waals surface area contributed by atoms with E-state index in [2.05, 4.69) is 15.9 Å². The fourth-order valence-electron chi connectivity index (χ4n) is 1.82. The van der Waals surface area contributed by atoms with Gasteiger partial charge in [0.15, 0.2) is 0 Å².